The quantitative estimate of drug-likeness (QED) is 0.574. The summed E-state index contributed by atoms with van der Waals surface area (Å²) in [4.78, 5) is 0. The van der Waals surface area contributed by atoms with Crippen molar-refractivity contribution in [2.24, 2.45) is 5.92 Å². The van der Waals surface area contributed by atoms with Crippen molar-refractivity contribution in [1.82, 2.24) is 5.32 Å². The van der Waals surface area contributed by atoms with E-state index in [1.54, 1.807) is 0 Å². The predicted octanol–water partition coefficient (Wildman–Crippen LogP) is 1.11. The van der Waals surface area contributed by atoms with Crippen LogP contribution in [-0.2, 0) is 9.05 Å². The van der Waals surface area contributed by atoms with Crippen LogP contribution in [0.25, 0.3) is 0 Å². The Morgan fingerprint density at radius 2 is 2.31 bits per heavy atom. The number of hydrogen-bond acceptors (Lipinski definition) is 3. The summed E-state index contributed by atoms with van der Waals surface area (Å²) in [5.41, 5.74) is 0.712. The predicted molar refractivity (Wildman–Crippen MR) is 54.4 cm³/mol. The maximum absolute atomic E-state index is 10.7. The second-order valence-electron chi connectivity index (χ2n) is 3.50. The highest BCUT2D eigenvalue weighted by molar-refractivity contribution is 8.13. The van der Waals surface area contributed by atoms with Gasteiger partial charge in [0, 0.05) is 10.7 Å². The van der Waals surface area contributed by atoms with Crippen LogP contribution in [-0.4, -0.2) is 27.3 Å². The standard InChI is InChI=1S/C8H14ClNO2S/c1-7(6-13(9,11)12)4-8-2-3-10-5-8/h8,10H,1-6H2. The van der Waals surface area contributed by atoms with E-state index in [4.69, 9.17) is 10.7 Å². The van der Waals surface area contributed by atoms with E-state index in [0.29, 0.717) is 11.5 Å². The molecule has 3 nitrogen and oxygen atoms in total. The Hall–Kier alpha value is -0.0600. The van der Waals surface area contributed by atoms with Gasteiger partial charge in [0.1, 0.15) is 0 Å². The Balaban J connectivity index is 2.33. The fraction of sp³-hybridized carbons (Fsp3) is 0.750. The van der Waals surface area contributed by atoms with Crippen LogP contribution in [0.1, 0.15) is 12.8 Å². The van der Waals surface area contributed by atoms with Gasteiger partial charge in [-0.15, -0.1) is 0 Å². The van der Waals surface area contributed by atoms with Crippen molar-refractivity contribution in [2.75, 3.05) is 18.8 Å². The third kappa shape index (κ3) is 4.64. The van der Waals surface area contributed by atoms with E-state index in [1.165, 1.54) is 0 Å². The zero-order valence-electron chi connectivity index (χ0n) is 7.42. The van der Waals surface area contributed by atoms with Crippen molar-refractivity contribution in [1.29, 1.82) is 0 Å². The van der Waals surface area contributed by atoms with Crippen molar-refractivity contribution >= 4 is 19.7 Å². The summed E-state index contributed by atoms with van der Waals surface area (Å²) in [7, 11) is 1.70. The van der Waals surface area contributed by atoms with E-state index >= 15 is 0 Å². The Labute approximate surface area is 83.6 Å². The zero-order valence-corrected chi connectivity index (χ0v) is 9.00. The topological polar surface area (TPSA) is 46.2 Å². The number of rotatable bonds is 4. The van der Waals surface area contributed by atoms with Crippen molar-refractivity contribution in [3.05, 3.63) is 12.2 Å². The van der Waals surface area contributed by atoms with E-state index in [9.17, 15) is 8.42 Å². The van der Waals surface area contributed by atoms with Gasteiger partial charge in [0.15, 0.2) is 0 Å². The zero-order chi connectivity index (χ0) is 9.90. The summed E-state index contributed by atoms with van der Waals surface area (Å²) >= 11 is 0. The first kappa shape index (κ1) is 11.0. The Kier molecular flexibility index (Phi) is 3.76. The van der Waals surface area contributed by atoms with Crippen molar-refractivity contribution in [3.63, 3.8) is 0 Å². The SMILES string of the molecule is C=C(CC1CCNC1)CS(=O)(=O)Cl. The van der Waals surface area contributed by atoms with E-state index in [1.807, 2.05) is 0 Å². The van der Waals surface area contributed by atoms with Gasteiger partial charge < -0.3 is 5.32 Å². The van der Waals surface area contributed by atoms with E-state index in [0.717, 1.165) is 25.9 Å². The molecule has 0 bridgehead atoms. The highest BCUT2D eigenvalue weighted by Gasteiger charge is 2.17. The van der Waals surface area contributed by atoms with Gasteiger partial charge in [0.2, 0.25) is 9.05 Å². The highest BCUT2D eigenvalue weighted by atomic mass is 35.7. The molecule has 13 heavy (non-hydrogen) atoms. The second-order valence-corrected chi connectivity index (χ2v) is 6.27. The number of halogens is 1. The molecule has 1 heterocycles. The molecule has 5 heteroatoms. The maximum Gasteiger partial charge on any atom is 0.236 e. The van der Waals surface area contributed by atoms with Gasteiger partial charge in [-0.25, -0.2) is 8.42 Å². The van der Waals surface area contributed by atoms with Crippen LogP contribution in [0, 0.1) is 5.92 Å². The molecule has 0 radical (unpaired) electrons. The normalized spacial score (nSPS) is 23.3. The first-order valence-electron chi connectivity index (χ1n) is 4.27. The van der Waals surface area contributed by atoms with Gasteiger partial charge in [-0.2, -0.15) is 0 Å². The molecule has 0 spiro atoms. The van der Waals surface area contributed by atoms with Crippen molar-refractivity contribution in [2.45, 2.75) is 12.8 Å². The summed E-state index contributed by atoms with van der Waals surface area (Å²) in [5, 5.41) is 3.22. The number of hydrogen-bond donors (Lipinski definition) is 1. The average molecular weight is 224 g/mol. The van der Waals surface area contributed by atoms with E-state index in [-0.39, 0.29) is 5.75 Å². The molecule has 76 valence electrons. The van der Waals surface area contributed by atoms with Crippen molar-refractivity contribution < 1.29 is 8.42 Å². The lowest BCUT2D eigenvalue weighted by Crippen LogP contribution is -2.11. The highest BCUT2D eigenvalue weighted by Crippen LogP contribution is 2.18. The molecule has 0 saturated carbocycles. The summed E-state index contributed by atoms with van der Waals surface area (Å²) in [5.74, 6) is 0.441. The average Bonchev–Trinajstić information content (AvgIpc) is 2.34. The van der Waals surface area contributed by atoms with Crippen LogP contribution in [0.3, 0.4) is 0 Å². The van der Waals surface area contributed by atoms with Gasteiger partial charge in [0.05, 0.1) is 5.75 Å². The third-order valence-electron chi connectivity index (χ3n) is 2.12. The Bertz CT molecular complexity index is 281. The maximum atomic E-state index is 10.7. The fourth-order valence-electron chi connectivity index (χ4n) is 1.60. The lowest BCUT2D eigenvalue weighted by molar-refractivity contribution is 0.574. The molecule has 1 rings (SSSR count). The summed E-state index contributed by atoms with van der Waals surface area (Å²) in [6.45, 7) is 5.69. The molecule has 1 fully saturated rings. The fourth-order valence-corrected chi connectivity index (χ4v) is 2.67. The molecule has 1 atom stereocenters. The Morgan fingerprint density at radius 1 is 1.62 bits per heavy atom. The van der Waals surface area contributed by atoms with Crippen LogP contribution >= 0.6 is 10.7 Å². The molecule has 0 aromatic rings. The van der Waals surface area contributed by atoms with Gasteiger partial charge >= 0.3 is 0 Å². The first-order chi connectivity index (χ1) is 5.97. The monoisotopic (exact) mass is 223 g/mol. The first-order valence-corrected chi connectivity index (χ1v) is 6.75. The molecule has 0 aromatic carbocycles. The van der Waals surface area contributed by atoms with Crippen LogP contribution in [0.15, 0.2) is 12.2 Å². The van der Waals surface area contributed by atoms with Crippen molar-refractivity contribution in [3.8, 4) is 0 Å². The molecule has 1 N–H and O–H groups in total. The van der Waals surface area contributed by atoms with E-state index in [2.05, 4.69) is 11.9 Å². The molecule has 0 aromatic heterocycles. The minimum absolute atomic E-state index is 0.0922. The molecule has 0 amide bonds. The molecular weight excluding hydrogens is 210 g/mol. The molecule has 0 aliphatic carbocycles. The van der Waals surface area contributed by atoms with Crippen LogP contribution in [0.2, 0.25) is 0 Å². The van der Waals surface area contributed by atoms with Gasteiger partial charge in [0.25, 0.3) is 0 Å². The molecule has 1 saturated heterocycles. The number of nitrogens with one attached hydrogen (secondary N) is 1. The van der Waals surface area contributed by atoms with Gasteiger partial charge in [-0.3, -0.25) is 0 Å². The minimum atomic E-state index is -3.41. The largest absolute Gasteiger partial charge is 0.316 e. The van der Waals surface area contributed by atoms with Gasteiger partial charge in [-0.05, 0) is 31.8 Å². The van der Waals surface area contributed by atoms with Crippen LogP contribution in [0.5, 0.6) is 0 Å². The van der Waals surface area contributed by atoms with Gasteiger partial charge in [-0.1, -0.05) is 12.2 Å². The summed E-state index contributed by atoms with van der Waals surface area (Å²) in [6, 6.07) is 0. The second kappa shape index (κ2) is 4.44. The lowest BCUT2D eigenvalue weighted by Gasteiger charge is -2.08. The molecule has 1 unspecified atom stereocenters. The molecular formula is C8H14ClNO2S. The lowest BCUT2D eigenvalue weighted by atomic mass is 10.0. The summed E-state index contributed by atoms with van der Waals surface area (Å²) in [6.07, 6.45) is 1.86. The summed E-state index contributed by atoms with van der Waals surface area (Å²) < 4.78 is 21.4. The van der Waals surface area contributed by atoms with Crippen LogP contribution < -0.4 is 5.32 Å². The molecule has 1 aliphatic rings. The Morgan fingerprint density at radius 3 is 2.77 bits per heavy atom. The molecule has 1 aliphatic heterocycles. The smallest absolute Gasteiger partial charge is 0.236 e. The minimum Gasteiger partial charge on any atom is -0.316 e. The van der Waals surface area contributed by atoms with E-state index < -0.39 is 9.05 Å². The van der Waals surface area contributed by atoms with Crippen LogP contribution in [0.4, 0.5) is 0 Å². The third-order valence-corrected chi connectivity index (χ3v) is 3.20.